The van der Waals surface area contributed by atoms with Crippen LogP contribution in [0.1, 0.15) is 52.7 Å². The van der Waals surface area contributed by atoms with Crippen LogP contribution in [0.15, 0.2) is 18.2 Å². The van der Waals surface area contributed by atoms with Gasteiger partial charge in [-0.05, 0) is 28.0 Å². The van der Waals surface area contributed by atoms with E-state index >= 15 is 0 Å². The van der Waals surface area contributed by atoms with Crippen molar-refractivity contribution in [3.8, 4) is 5.75 Å². The molecule has 0 aliphatic heterocycles. The minimum Gasteiger partial charge on any atom is -0.428 e. The van der Waals surface area contributed by atoms with Crippen LogP contribution in [0.4, 0.5) is 52.7 Å². The third-order valence-corrected chi connectivity index (χ3v) is 6.04. The average molecular weight is 586 g/mol. The van der Waals surface area contributed by atoms with Crippen LogP contribution in [0, 0.1) is 0 Å². The monoisotopic (exact) mass is 586 g/mol. The summed E-state index contributed by atoms with van der Waals surface area (Å²) in [5.74, 6) is -33.2. The molecule has 0 atom stereocenters. The smallest absolute Gasteiger partial charge is 0.428 e. The highest BCUT2D eigenvalue weighted by molar-refractivity contribution is 7.87. The van der Waals surface area contributed by atoms with Gasteiger partial charge in [0.05, 0.1) is 0 Å². The van der Waals surface area contributed by atoms with Gasteiger partial charge in [0.15, 0.2) is 0 Å². The van der Waals surface area contributed by atoms with Crippen molar-refractivity contribution < 1.29 is 70.4 Å². The predicted molar refractivity (Wildman–Crippen MR) is 106 cm³/mol. The summed E-state index contributed by atoms with van der Waals surface area (Å²) in [6.07, 6.45) is -6.76. The molecule has 0 heterocycles. The zero-order valence-corrected chi connectivity index (χ0v) is 20.7. The van der Waals surface area contributed by atoms with Crippen molar-refractivity contribution in [2.45, 2.75) is 87.4 Å². The molecule has 37 heavy (non-hydrogen) atoms. The number of hydrogen-bond acceptors (Lipinski definition) is 3. The van der Waals surface area contributed by atoms with Gasteiger partial charge in [-0.25, -0.2) is 0 Å². The summed E-state index contributed by atoms with van der Waals surface area (Å²) < 4.78 is 199. The summed E-state index contributed by atoms with van der Waals surface area (Å²) in [5, 5.41) is -7.50. The molecule has 0 saturated heterocycles. The largest absolute Gasteiger partial charge is 0.471 e. The second-order valence-corrected chi connectivity index (χ2v) is 11.6. The molecule has 4 nitrogen and oxygen atoms in total. The average Bonchev–Trinajstić information content (AvgIpc) is 2.64. The van der Waals surface area contributed by atoms with E-state index < -0.39 is 61.8 Å². The lowest BCUT2D eigenvalue weighted by molar-refractivity contribution is -0.441. The number of alkyl halides is 12. The van der Waals surface area contributed by atoms with Gasteiger partial charge in [-0.3, -0.25) is 4.55 Å². The summed E-state index contributed by atoms with van der Waals surface area (Å²) >= 11 is 0. The van der Waals surface area contributed by atoms with Crippen LogP contribution in [0.5, 0.6) is 5.75 Å². The van der Waals surface area contributed by atoms with Crippen molar-refractivity contribution in [2.75, 3.05) is 0 Å². The topological polar surface area (TPSA) is 63.6 Å². The molecule has 0 aliphatic carbocycles. The summed E-state index contributed by atoms with van der Waals surface area (Å²) in [5.41, 5.74) is -2.39. The Morgan fingerprint density at radius 1 is 0.649 bits per heavy atom. The van der Waals surface area contributed by atoms with E-state index in [1.807, 2.05) is 0 Å². The van der Waals surface area contributed by atoms with Gasteiger partial charge in [0, 0.05) is 0 Å². The zero-order valence-electron chi connectivity index (χ0n) is 19.8. The van der Waals surface area contributed by atoms with E-state index in [1.165, 1.54) is 47.6 Å². The fraction of sp³-hybridized carbons (Fsp3) is 0.700. The first-order chi connectivity index (χ1) is 15.8. The van der Waals surface area contributed by atoms with Crippen LogP contribution in [-0.4, -0.2) is 48.0 Å². The number of benzene rings is 1. The molecular formula is C20H22F12O4S. The van der Waals surface area contributed by atoms with Crippen molar-refractivity contribution in [2.24, 2.45) is 0 Å². The first-order valence-corrected chi connectivity index (χ1v) is 11.3. The maximum Gasteiger partial charge on any atom is 0.471 e. The van der Waals surface area contributed by atoms with Gasteiger partial charge in [0.25, 0.3) is 0 Å². The molecule has 1 N–H and O–H groups in total. The van der Waals surface area contributed by atoms with Gasteiger partial charge in [0.2, 0.25) is 0 Å². The first-order valence-electron chi connectivity index (χ1n) is 9.88. The maximum absolute atomic E-state index is 14.4. The normalized spacial score (nSPS) is 15.6. The Labute approximate surface area is 203 Å². The SMILES string of the molecule is CC(C)(C)c1ccc(C(C)(C)C)c(OC(F)(F)C(F)(F)C(F)(F)C(F)(F)C(F)(F)C(F)(F)S(=O)(=O)O)c1. The molecule has 216 valence electrons. The first kappa shape index (κ1) is 33.1. The molecule has 0 radical (unpaired) electrons. The van der Waals surface area contributed by atoms with Crippen LogP contribution in [-0.2, 0) is 20.9 Å². The lowest BCUT2D eigenvalue weighted by Gasteiger charge is -2.40. The van der Waals surface area contributed by atoms with E-state index in [4.69, 9.17) is 4.55 Å². The lowest BCUT2D eigenvalue weighted by atomic mass is 9.81. The van der Waals surface area contributed by atoms with Crippen LogP contribution < -0.4 is 4.74 Å². The highest BCUT2D eigenvalue weighted by Gasteiger charge is 2.93. The zero-order chi connectivity index (χ0) is 30.1. The number of rotatable bonds is 8. The molecule has 17 heteroatoms. The molecule has 0 fully saturated rings. The third-order valence-electron chi connectivity index (χ3n) is 5.13. The number of hydrogen-bond donors (Lipinski definition) is 1. The molecule has 0 saturated carbocycles. The predicted octanol–water partition coefficient (Wildman–Crippen LogP) is 7.28. The van der Waals surface area contributed by atoms with Crippen molar-refractivity contribution >= 4 is 10.1 Å². The molecule has 1 rings (SSSR count). The van der Waals surface area contributed by atoms with Gasteiger partial charge in [0.1, 0.15) is 5.75 Å². The Balaban J connectivity index is 3.78. The van der Waals surface area contributed by atoms with Gasteiger partial charge in [-0.1, -0.05) is 53.7 Å². The Hall–Kier alpha value is -1.91. The van der Waals surface area contributed by atoms with Crippen molar-refractivity contribution in [1.29, 1.82) is 0 Å². The fourth-order valence-corrected chi connectivity index (χ4v) is 3.27. The molecule has 0 bridgehead atoms. The Morgan fingerprint density at radius 3 is 1.41 bits per heavy atom. The highest BCUT2D eigenvalue weighted by atomic mass is 32.2. The molecule has 1 aromatic carbocycles. The fourth-order valence-electron chi connectivity index (χ4n) is 2.82. The Morgan fingerprint density at radius 2 is 1.05 bits per heavy atom. The van der Waals surface area contributed by atoms with Crippen LogP contribution in [0.2, 0.25) is 0 Å². The maximum atomic E-state index is 14.4. The Bertz CT molecular complexity index is 1120. The van der Waals surface area contributed by atoms with Crippen LogP contribution in [0.3, 0.4) is 0 Å². The summed E-state index contributed by atoms with van der Waals surface area (Å²) in [6.45, 7) is 8.47. The van der Waals surface area contributed by atoms with E-state index in [-0.39, 0.29) is 11.1 Å². The molecule has 0 spiro atoms. The van der Waals surface area contributed by atoms with E-state index in [1.54, 1.807) is 0 Å². The third kappa shape index (κ3) is 5.21. The van der Waals surface area contributed by atoms with Gasteiger partial charge < -0.3 is 4.74 Å². The van der Waals surface area contributed by atoms with Crippen molar-refractivity contribution in [1.82, 2.24) is 0 Å². The summed E-state index contributed by atoms with van der Waals surface area (Å²) in [7, 11) is -7.63. The second-order valence-electron chi connectivity index (χ2n) is 10.1. The van der Waals surface area contributed by atoms with Crippen molar-refractivity contribution in [3.63, 3.8) is 0 Å². The van der Waals surface area contributed by atoms with Crippen LogP contribution in [0.25, 0.3) is 0 Å². The molecule has 1 aromatic rings. The molecule has 0 amide bonds. The van der Waals surface area contributed by atoms with E-state index in [0.717, 1.165) is 6.07 Å². The van der Waals surface area contributed by atoms with E-state index in [9.17, 15) is 61.1 Å². The summed E-state index contributed by atoms with van der Waals surface area (Å²) in [4.78, 5) is 0. The molecule has 0 aliphatic rings. The van der Waals surface area contributed by atoms with E-state index in [0.29, 0.717) is 6.07 Å². The molecule has 0 aromatic heterocycles. The van der Waals surface area contributed by atoms with Crippen molar-refractivity contribution in [3.05, 3.63) is 29.3 Å². The van der Waals surface area contributed by atoms with Gasteiger partial charge in [-0.15, -0.1) is 0 Å². The van der Waals surface area contributed by atoms with Crippen LogP contribution >= 0.6 is 0 Å². The Kier molecular flexibility index (Phi) is 7.89. The van der Waals surface area contributed by atoms with Gasteiger partial charge >= 0.3 is 45.2 Å². The molecule has 0 unspecified atom stereocenters. The van der Waals surface area contributed by atoms with Gasteiger partial charge in [-0.2, -0.15) is 61.1 Å². The highest BCUT2D eigenvalue weighted by Crippen LogP contribution is 2.61. The minimum atomic E-state index is -8.18. The standard InChI is InChI=1S/C20H22F12O4S/c1-13(2,3)10-7-8-11(14(4,5)6)12(9-10)36-19(29,30)17(25,26)15(21,22)16(23,24)18(27,28)20(31,32)37(33,34)35/h7-9H,1-6H3,(H,33,34,35). The number of ether oxygens (including phenoxy) is 1. The molecular weight excluding hydrogens is 564 g/mol. The lowest BCUT2D eigenvalue weighted by Crippen LogP contribution is -2.72. The summed E-state index contributed by atoms with van der Waals surface area (Å²) in [6, 6.07) is 3.07. The minimum absolute atomic E-state index is 0.0889. The van der Waals surface area contributed by atoms with E-state index in [2.05, 4.69) is 4.74 Å². The number of halogens is 12. The second kappa shape index (κ2) is 8.81. The quantitative estimate of drug-likeness (QED) is 0.257.